The lowest BCUT2D eigenvalue weighted by Crippen LogP contribution is -2.19. The summed E-state index contributed by atoms with van der Waals surface area (Å²) in [5.74, 6) is 0.0479. The van der Waals surface area contributed by atoms with Gasteiger partial charge in [0.2, 0.25) is 5.95 Å². The third kappa shape index (κ3) is 12.0. The van der Waals surface area contributed by atoms with E-state index in [0.717, 1.165) is 12.8 Å². The molecule has 0 aromatic carbocycles. The van der Waals surface area contributed by atoms with Crippen LogP contribution in [0.2, 0.25) is 0 Å². The van der Waals surface area contributed by atoms with E-state index in [2.05, 4.69) is 21.9 Å². The summed E-state index contributed by atoms with van der Waals surface area (Å²) in [5.41, 5.74) is 5.97. The van der Waals surface area contributed by atoms with E-state index in [1.165, 1.54) is 77.0 Å². The molecule has 2 heterocycles. The highest BCUT2D eigenvalue weighted by Gasteiger charge is 2.15. The van der Waals surface area contributed by atoms with Crippen LogP contribution in [0.1, 0.15) is 103 Å². The van der Waals surface area contributed by atoms with Crippen molar-refractivity contribution in [2.75, 3.05) is 25.6 Å². The van der Waals surface area contributed by atoms with Crippen LogP contribution < -0.4 is 11.3 Å². The van der Waals surface area contributed by atoms with Crippen LogP contribution in [0.3, 0.4) is 0 Å². The molecule has 9 nitrogen and oxygen atoms in total. The smallest absolute Gasteiger partial charge is 0.280 e. The molecule has 0 bridgehead atoms. The molecule has 35 heavy (non-hydrogen) atoms. The van der Waals surface area contributed by atoms with Gasteiger partial charge in [-0.15, -0.1) is 0 Å². The zero-order valence-corrected chi connectivity index (χ0v) is 21.7. The predicted octanol–water partition coefficient (Wildman–Crippen LogP) is 5.13. The molecule has 0 saturated carbocycles. The second-order valence-corrected chi connectivity index (χ2v) is 9.60. The first kappa shape index (κ1) is 29.3. The van der Waals surface area contributed by atoms with Gasteiger partial charge in [0.25, 0.3) is 5.56 Å². The highest BCUT2D eigenvalue weighted by molar-refractivity contribution is 5.70. The number of aliphatic hydroxyl groups excluding tert-OH is 1. The van der Waals surface area contributed by atoms with Crippen molar-refractivity contribution in [2.24, 2.45) is 5.92 Å². The van der Waals surface area contributed by atoms with Crippen molar-refractivity contribution in [2.45, 2.75) is 110 Å². The lowest BCUT2D eigenvalue weighted by molar-refractivity contribution is -0.302. The number of nitrogens with two attached hydrogens (primary N) is 1. The molecule has 0 fully saturated rings. The molecule has 1 unspecified atom stereocenters. The molecule has 0 aliphatic heterocycles. The number of anilines is 1. The average Bonchev–Trinajstić information content (AvgIpc) is 3.23. The Balaban J connectivity index is 1.48. The molecule has 0 radical (unpaired) electrons. The van der Waals surface area contributed by atoms with Crippen LogP contribution in [0.25, 0.3) is 11.2 Å². The van der Waals surface area contributed by atoms with Crippen LogP contribution in [0.4, 0.5) is 5.95 Å². The number of aliphatic hydroxyl groups is 1. The summed E-state index contributed by atoms with van der Waals surface area (Å²) in [6.07, 6.45) is 20.6. The van der Waals surface area contributed by atoms with E-state index >= 15 is 0 Å². The van der Waals surface area contributed by atoms with Gasteiger partial charge in [0.15, 0.2) is 11.2 Å². The highest BCUT2D eigenvalue weighted by Crippen LogP contribution is 2.14. The number of rotatable bonds is 22. The van der Waals surface area contributed by atoms with Crippen LogP contribution in [0.15, 0.2) is 11.1 Å². The summed E-state index contributed by atoms with van der Waals surface area (Å²) in [6, 6.07) is 0. The summed E-state index contributed by atoms with van der Waals surface area (Å²) in [4.78, 5) is 33.5. The maximum absolute atomic E-state index is 11.9. The number of hydrogen-bond acceptors (Lipinski definition) is 7. The second-order valence-electron chi connectivity index (χ2n) is 9.60. The zero-order valence-electron chi connectivity index (χ0n) is 21.7. The SMILES string of the molecule is CCCCCCCCCCCCCCCCOOCC(CCO)Cn1cnc2c(=O)[nH]c(N)nc21. The minimum Gasteiger partial charge on any atom is -0.396 e. The number of hydrogen-bond donors (Lipinski definition) is 3. The quantitative estimate of drug-likeness (QED) is 0.118. The summed E-state index contributed by atoms with van der Waals surface area (Å²) < 4.78 is 1.76. The van der Waals surface area contributed by atoms with Gasteiger partial charge in [0, 0.05) is 19.1 Å². The van der Waals surface area contributed by atoms with Crippen LogP contribution in [0.5, 0.6) is 0 Å². The normalized spacial score (nSPS) is 12.5. The van der Waals surface area contributed by atoms with E-state index in [-0.39, 0.29) is 29.5 Å². The number of imidazole rings is 1. The van der Waals surface area contributed by atoms with Gasteiger partial charge in [-0.1, -0.05) is 90.4 Å². The number of nitrogens with zero attached hydrogens (tertiary/aromatic N) is 3. The minimum atomic E-state index is -0.363. The molecule has 2 rings (SSSR count). The fourth-order valence-electron chi connectivity index (χ4n) is 4.35. The Morgan fingerprint density at radius 3 is 2.17 bits per heavy atom. The van der Waals surface area contributed by atoms with Gasteiger partial charge in [-0.3, -0.25) is 9.78 Å². The van der Waals surface area contributed by atoms with Crippen molar-refractivity contribution in [1.82, 2.24) is 19.5 Å². The number of nitrogens with one attached hydrogen (secondary N) is 1. The maximum atomic E-state index is 11.9. The number of aromatic nitrogens is 4. The average molecular weight is 494 g/mol. The number of H-pyrrole nitrogens is 1. The molecular weight excluding hydrogens is 446 g/mol. The molecule has 2 aromatic rings. The molecular formula is C26H47N5O4. The monoisotopic (exact) mass is 493 g/mol. The Bertz CT molecular complexity index is 854. The second kappa shape index (κ2) is 18.3. The van der Waals surface area contributed by atoms with Crippen molar-refractivity contribution in [3.63, 3.8) is 0 Å². The topological polar surface area (TPSA) is 128 Å². The molecule has 200 valence electrons. The largest absolute Gasteiger partial charge is 0.396 e. The first-order valence-corrected chi connectivity index (χ1v) is 13.7. The zero-order chi connectivity index (χ0) is 25.1. The summed E-state index contributed by atoms with van der Waals surface area (Å²) in [5, 5.41) is 9.40. The van der Waals surface area contributed by atoms with Gasteiger partial charge in [0.05, 0.1) is 19.5 Å². The summed E-state index contributed by atoms with van der Waals surface area (Å²) in [6.45, 7) is 3.72. The first-order valence-electron chi connectivity index (χ1n) is 13.7. The van der Waals surface area contributed by atoms with E-state index in [4.69, 9.17) is 15.5 Å². The van der Waals surface area contributed by atoms with E-state index < -0.39 is 0 Å². The van der Waals surface area contributed by atoms with Crippen molar-refractivity contribution < 1.29 is 14.9 Å². The maximum Gasteiger partial charge on any atom is 0.280 e. The molecule has 0 aliphatic rings. The van der Waals surface area contributed by atoms with Crippen molar-refractivity contribution in [3.05, 3.63) is 16.7 Å². The predicted molar refractivity (Wildman–Crippen MR) is 140 cm³/mol. The van der Waals surface area contributed by atoms with E-state index in [1.807, 2.05) is 0 Å². The van der Waals surface area contributed by atoms with Crippen LogP contribution in [-0.2, 0) is 16.3 Å². The van der Waals surface area contributed by atoms with Crippen molar-refractivity contribution in [3.8, 4) is 0 Å². The van der Waals surface area contributed by atoms with E-state index in [1.54, 1.807) is 10.9 Å². The molecule has 4 N–H and O–H groups in total. The van der Waals surface area contributed by atoms with Crippen LogP contribution in [-0.4, -0.2) is 44.4 Å². The number of unbranched alkanes of at least 4 members (excludes halogenated alkanes) is 13. The third-order valence-electron chi connectivity index (χ3n) is 6.45. The number of nitrogen functional groups attached to an aromatic ring is 1. The Morgan fingerprint density at radius 1 is 0.971 bits per heavy atom. The Kier molecular flexibility index (Phi) is 15.3. The molecule has 0 amide bonds. The molecule has 9 heteroatoms. The highest BCUT2D eigenvalue weighted by atomic mass is 17.2. The Morgan fingerprint density at radius 2 is 1.57 bits per heavy atom. The molecule has 0 spiro atoms. The lowest BCUT2D eigenvalue weighted by atomic mass is 10.0. The summed E-state index contributed by atoms with van der Waals surface area (Å²) >= 11 is 0. The van der Waals surface area contributed by atoms with Gasteiger partial charge in [-0.05, 0) is 12.8 Å². The van der Waals surface area contributed by atoms with Gasteiger partial charge in [0.1, 0.15) is 0 Å². The van der Waals surface area contributed by atoms with Gasteiger partial charge in [-0.25, -0.2) is 14.8 Å². The van der Waals surface area contributed by atoms with E-state index in [9.17, 15) is 9.90 Å². The molecule has 0 saturated heterocycles. The third-order valence-corrected chi connectivity index (χ3v) is 6.45. The lowest BCUT2D eigenvalue weighted by Gasteiger charge is -2.16. The number of fused-ring (bicyclic) bond motifs is 1. The van der Waals surface area contributed by atoms with E-state index in [0.29, 0.717) is 31.8 Å². The fourth-order valence-corrected chi connectivity index (χ4v) is 4.35. The minimum absolute atomic E-state index is 0.00365. The first-order chi connectivity index (χ1) is 17.2. The Hall–Kier alpha value is -1.97. The number of aromatic amines is 1. The molecule has 1 atom stereocenters. The van der Waals surface area contributed by atoms with Gasteiger partial charge < -0.3 is 15.4 Å². The standard InChI is InChI=1S/C26H47N5O4/c1-2-3-4-5-6-7-8-9-10-11-12-13-14-15-18-34-35-20-22(16-17-32)19-31-21-28-23-24(31)29-26(27)30-25(23)33/h21-22,32H,2-20H2,1H3,(H3,27,29,30,33). The van der Waals surface area contributed by atoms with Crippen LogP contribution >= 0.6 is 0 Å². The van der Waals surface area contributed by atoms with Gasteiger partial charge >= 0.3 is 0 Å². The fraction of sp³-hybridized carbons (Fsp3) is 0.808. The Labute approximate surface area is 209 Å². The van der Waals surface area contributed by atoms with Crippen LogP contribution in [0, 0.1) is 5.92 Å². The molecule has 0 aliphatic carbocycles. The molecule has 2 aromatic heterocycles. The van der Waals surface area contributed by atoms with Crippen molar-refractivity contribution in [1.29, 1.82) is 0 Å². The summed E-state index contributed by atoms with van der Waals surface area (Å²) in [7, 11) is 0. The van der Waals surface area contributed by atoms with Gasteiger partial charge in [-0.2, -0.15) is 4.98 Å². The van der Waals surface area contributed by atoms with Crippen molar-refractivity contribution >= 4 is 17.1 Å².